The highest BCUT2D eigenvalue weighted by Gasteiger charge is 2.11. The van der Waals surface area contributed by atoms with E-state index >= 15 is 0 Å². The summed E-state index contributed by atoms with van der Waals surface area (Å²) in [4.78, 5) is 0. The lowest BCUT2D eigenvalue weighted by Crippen LogP contribution is -2.09. The van der Waals surface area contributed by atoms with Crippen molar-refractivity contribution >= 4 is 29.0 Å². The molecule has 18 heavy (non-hydrogen) atoms. The van der Waals surface area contributed by atoms with Gasteiger partial charge in [-0.15, -0.1) is 6.58 Å². The van der Waals surface area contributed by atoms with Gasteiger partial charge in [0.25, 0.3) is 0 Å². The van der Waals surface area contributed by atoms with Crippen LogP contribution in [0.2, 0.25) is 0 Å². The van der Waals surface area contributed by atoms with Crippen LogP contribution in [0, 0.1) is 0 Å². The lowest BCUT2D eigenvalue weighted by atomic mass is 10.2. The second-order valence-electron chi connectivity index (χ2n) is 3.77. The fraction of sp³-hybridized carbons (Fsp3) is 0.0667. The predicted molar refractivity (Wildman–Crippen MR) is 82.1 cm³/mol. The average molecular weight is 256 g/mol. The molecule has 92 valence electrons. The van der Waals surface area contributed by atoms with Crippen LogP contribution in [0.1, 0.15) is 0 Å². The monoisotopic (exact) mass is 256 g/mol. The van der Waals surface area contributed by atoms with Crippen LogP contribution in [0.3, 0.4) is 0 Å². The van der Waals surface area contributed by atoms with Gasteiger partial charge < -0.3 is 5.73 Å². The molecule has 3 heteroatoms. The van der Waals surface area contributed by atoms with Gasteiger partial charge in [0.1, 0.15) is 0 Å². The van der Waals surface area contributed by atoms with Crippen molar-refractivity contribution in [3.05, 3.63) is 67.3 Å². The maximum Gasteiger partial charge on any atom is 0.0754 e. The molecule has 0 aliphatic carbocycles. The van der Waals surface area contributed by atoms with Crippen LogP contribution in [0.15, 0.2) is 67.3 Å². The highest BCUT2D eigenvalue weighted by Crippen LogP contribution is 2.35. The summed E-state index contributed by atoms with van der Waals surface area (Å²) >= 11 is 1.68. The Balaban J connectivity index is 2.37. The zero-order valence-electron chi connectivity index (χ0n) is 10.1. The number of rotatable bonds is 5. The minimum absolute atomic E-state index is 0.776. The maximum atomic E-state index is 6.05. The number of hydrogen-bond acceptors (Lipinski definition) is 3. The first-order chi connectivity index (χ1) is 8.83. The van der Waals surface area contributed by atoms with E-state index in [2.05, 4.69) is 23.0 Å². The Hall–Kier alpha value is -1.87. The number of para-hydroxylation sites is 3. The van der Waals surface area contributed by atoms with Gasteiger partial charge in [0.15, 0.2) is 0 Å². The average Bonchev–Trinajstić information content (AvgIpc) is 2.42. The summed E-state index contributed by atoms with van der Waals surface area (Å²) < 4.78 is 2.14. The minimum atomic E-state index is 0.776. The van der Waals surface area contributed by atoms with Crippen molar-refractivity contribution in [1.82, 2.24) is 0 Å². The highest BCUT2D eigenvalue weighted by atomic mass is 32.2. The molecule has 0 amide bonds. The normalized spacial score (nSPS) is 10.0. The van der Waals surface area contributed by atoms with Crippen molar-refractivity contribution in [2.75, 3.05) is 15.8 Å². The van der Waals surface area contributed by atoms with Crippen LogP contribution in [-0.4, -0.2) is 5.75 Å². The molecule has 0 bridgehead atoms. The molecular formula is C15H16N2S. The molecule has 0 spiro atoms. The Labute approximate surface area is 112 Å². The fourth-order valence-corrected chi connectivity index (χ4v) is 2.48. The smallest absolute Gasteiger partial charge is 0.0754 e. The van der Waals surface area contributed by atoms with E-state index in [1.54, 1.807) is 11.9 Å². The molecule has 2 rings (SSSR count). The molecule has 2 nitrogen and oxygen atoms in total. The second-order valence-corrected chi connectivity index (χ2v) is 4.73. The summed E-state index contributed by atoms with van der Waals surface area (Å²) in [6.45, 7) is 3.76. The molecule has 0 aliphatic rings. The van der Waals surface area contributed by atoms with Gasteiger partial charge in [-0.1, -0.05) is 36.4 Å². The van der Waals surface area contributed by atoms with Gasteiger partial charge in [-0.25, -0.2) is 0 Å². The summed E-state index contributed by atoms with van der Waals surface area (Å²) in [5.74, 6) is 0.837. The van der Waals surface area contributed by atoms with Gasteiger partial charge >= 0.3 is 0 Å². The van der Waals surface area contributed by atoms with Gasteiger partial charge in [-0.3, -0.25) is 4.31 Å². The van der Waals surface area contributed by atoms with E-state index in [0.29, 0.717) is 0 Å². The molecule has 0 aromatic heterocycles. The zero-order chi connectivity index (χ0) is 12.8. The molecule has 0 unspecified atom stereocenters. The van der Waals surface area contributed by atoms with E-state index < -0.39 is 0 Å². The summed E-state index contributed by atoms with van der Waals surface area (Å²) in [6, 6.07) is 18.1. The van der Waals surface area contributed by atoms with E-state index in [1.807, 2.05) is 48.5 Å². The molecule has 0 saturated carbocycles. The third-order valence-corrected chi connectivity index (χ3v) is 3.52. The second kappa shape index (κ2) is 6.17. The predicted octanol–water partition coefficient (Wildman–Crippen LogP) is 4.24. The van der Waals surface area contributed by atoms with E-state index in [4.69, 9.17) is 5.73 Å². The quantitative estimate of drug-likeness (QED) is 0.493. The van der Waals surface area contributed by atoms with E-state index in [0.717, 1.165) is 22.8 Å². The number of benzene rings is 2. The molecule has 0 atom stereocenters. The molecule has 0 aliphatic heterocycles. The van der Waals surface area contributed by atoms with Gasteiger partial charge in [0.2, 0.25) is 0 Å². The zero-order valence-corrected chi connectivity index (χ0v) is 10.9. The van der Waals surface area contributed by atoms with Crippen LogP contribution in [0.4, 0.5) is 17.1 Å². The summed E-state index contributed by atoms with van der Waals surface area (Å²) in [7, 11) is 0. The lowest BCUT2D eigenvalue weighted by molar-refractivity contribution is 1.43. The van der Waals surface area contributed by atoms with Crippen LogP contribution in [-0.2, 0) is 0 Å². The molecule has 0 fully saturated rings. The van der Waals surface area contributed by atoms with Crippen LogP contribution < -0.4 is 10.0 Å². The number of hydrogen-bond donors (Lipinski definition) is 1. The van der Waals surface area contributed by atoms with Crippen molar-refractivity contribution in [2.24, 2.45) is 0 Å². The largest absolute Gasteiger partial charge is 0.397 e. The van der Waals surface area contributed by atoms with Crippen molar-refractivity contribution in [2.45, 2.75) is 0 Å². The molecule has 2 aromatic carbocycles. The molecule has 0 radical (unpaired) electrons. The first-order valence-electron chi connectivity index (χ1n) is 5.76. The first kappa shape index (κ1) is 12.6. The molecular weight excluding hydrogens is 240 g/mol. The lowest BCUT2D eigenvalue weighted by Gasteiger charge is -2.24. The molecule has 2 aromatic rings. The van der Waals surface area contributed by atoms with Crippen LogP contribution in [0.25, 0.3) is 0 Å². The Kier molecular flexibility index (Phi) is 4.31. The third kappa shape index (κ3) is 2.87. The van der Waals surface area contributed by atoms with E-state index in [9.17, 15) is 0 Å². The van der Waals surface area contributed by atoms with E-state index in [-0.39, 0.29) is 0 Å². The van der Waals surface area contributed by atoms with Gasteiger partial charge in [0.05, 0.1) is 17.1 Å². The summed E-state index contributed by atoms with van der Waals surface area (Å²) in [6.07, 6.45) is 1.89. The van der Waals surface area contributed by atoms with Crippen molar-refractivity contribution in [3.63, 3.8) is 0 Å². The van der Waals surface area contributed by atoms with Gasteiger partial charge in [-0.2, -0.15) is 0 Å². The summed E-state index contributed by atoms with van der Waals surface area (Å²) in [5, 5.41) is 0. The molecule has 2 N–H and O–H groups in total. The summed E-state index contributed by atoms with van der Waals surface area (Å²) in [5.41, 5.74) is 8.95. The highest BCUT2D eigenvalue weighted by molar-refractivity contribution is 8.01. The Morgan fingerprint density at radius 2 is 1.72 bits per heavy atom. The number of nitrogens with two attached hydrogens (primary N) is 1. The van der Waals surface area contributed by atoms with Crippen LogP contribution in [0.5, 0.6) is 0 Å². The fourth-order valence-electron chi connectivity index (χ4n) is 1.65. The minimum Gasteiger partial charge on any atom is -0.397 e. The first-order valence-corrected chi connectivity index (χ1v) is 6.70. The van der Waals surface area contributed by atoms with E-state index in [1.165, 1.54) is 0 Å². The number of anilines is 3. The maximum absolute atomic E-state index is 6.05. The van der Waals surface area contributed by atoms with Gasteiger partial charge in [-0.05, 0) is 36.2 Å². The standard InChI is InChI=1S/C15H16N2S/c1-2-12-18-17(13-8-4-3-5-9-13)15-11-7-6-10-14(15)16/h2-11H,1,12,16H2. The Morgan fingerprint density at radius 1 is 1.06 bits per heavy atom. The third-order valence-electron chi connectivity index (χ3n) is 2.47. The Bertz CT molecular complexity index is 511. The molecule has 0 heterocycles. The number of nitrogen functional groups attached to an aromatic ring is 1. The topological polar surface area (TPSA) is 29.3 Å². The van der Waals surface area contributed by atoms with Crippen molar-refractivity contribution < 1.29 is 0 Å². The Morgan fingerprint density at radius 3 is 2.39 bits per heavy atom. The number of nitrogens with zero attached hydrogens (tertiary/aromatic N) is 1. The van der Waals surface area contributed by atoms with Gasteiger partial charge in [0, 0.05) is 5.75 Å². The SMILES string of the molecule is C=CCSN(c1ccccc1)c1ccccc1N. The van der Waals surface area contributed by atoms with Crippen LogP contribution >= 0.6 is 11.9 Å². The van der Waals surface area contributed by atoms with Crippen molar-refractivity contribution in [3.8, 4) is 0 Å². The molecule has 0 saturated heterocycles. The van der Waals surface area contributed by atoms with Crippen molar-refractivity contribution in [1.29, 1.82) is 0 Å².